The average molecular weight is 423 g/mol. The minimum atomic E-state index is -4.62. The highest BCUT2D eigenvalue weighted by molar-refractivity contribution is 5.78. The summed E-state index contributed by atoms with van der Waals surface area (Å²) in [6.07, 6.45) is -0.963. The van der Waals surface area contributed by atoms with Crippen molar-refractivity contribution < 1.29 is 22.7 Å². The van der Waals surface area contributed by atoms with Gasteiger partial charge in [-0.15, -0.1) is 10.2 Å². The largest absolute Gasteiger partial charge is 0.416 e. The van der Waals surface area contributed by atoms with E-state index in [2.05, 4.69) is 20.4 Å². The number of β-amino-alcohol motifs (C(OH)–C–C–N with tert-alkyl or cyclic N) is 1. The minimum Gasteiger partial charge on any atom is -0.395 e. The van der Waals surface area contributed by atoms with E-state index in [0.29, 0.717) is 24.1 Å². The highest BCUT2D eigenvalue weighted by Crippen LogP contribution is 2.33. The molecule has 3 aromatic rings. The molecule has 1 saturated heterocycles. The van der Waals surface area contributed by atoms with Crippen LogP contribution >= 0.6 is 0 Å². The van der Waals surface area contributed by atoms with E-state index in [4.69, 9.17) is 5.11 Å². The summed E-state index contributed by atoms with van der Waals surface area (Å²) in [7, 11) is 0. The number of nitrogens with one attached hydrogen (secondary N) is 1. The molecule has 0 unspecified atom stereocenters. The van der Waals surface area contributed by atoms with E-state index in [0.717, 1.165) is 38.1 Å². The Morgan fingerprint density at radius 1 is 1.20 bits per heavy atom. The Labute approximate surface area is 170 Å². The van der Waals surface area contributed by atoms with E-state index >= 15 is 0 Å². The van der Waals surface area contributed by atoms with Gasteiger partial charge in [0.15, 0.2) is 0 Å². The van der Waals surface area contributed by atoms with E-state index in [9.17, 15) is 17.6 Å². The van der Waals surface area contributed by atoms with Crippen molar-refractivity contribution in [3.63, 3.8) is 0 Å². The standard InChI is InChI=1S/C20H21F4N5O/c21-16-11-13(20(22,23)24)5-6-15(16)18-17-4-2-8-29(17)19(27-26-18)25-14-3-1-7-28(12-14)9-10-30/h2,4-6,8,11,14,30H,1,3,7,9-10,12H2,(H,25,27)/t14-/m1/s1. The number of anilines is 1. The zero-order valence-electron chi connectivity index (χ0n) is 16.0. The fourth-order valence-electron chi connectivity index (χ4n) is 3.83. The molecule has 6 nitrogen and oxygen atoms in total. The monoisotopic (exact) mass is 423 g/mol. The summed E-state index contributed by atoms with van der Waals surface area (Å²) >= 11 is 0. The van der Waals surface area contributed by atoms with E-state index in [1.807, 2.05) is 0 Å². The Hall–Kier alpha value is -2.72. The van der Waals surface area contributed by atoms with Gasteiger partial charge in [0.25, 0.3) is 0 Å². The Kier molecular flexibility index (Phi) is 5.61. The number of halogens is 4. The van der Waals surface area contributed by atoms with Gasteiger partial charge in [0.1, 0.15) is 11.5 Å². The van der Waals surface area contributed by atoms with Crippen molar-refractivity contribution in [1.82, 2.24) is 19.5 Å². The lowest BCUT2D eigenvalue weighted by atomic mass is 10.1. The van der Waals surface area contributed by atoms with Crippen LogP contribution in [0, 0.1) is 5.82 Å². The number of rotatable bonds is 5. The molecule has 0 radical (unpaired) electrons. The molecule has 3 heterocycles. The van der Waals surface area contributed by atoms with Crippen molar-refractivity contribution in [2.45, 2.75) is 25.1 Å². The summed E-state index contributed by atoms with van der Waals surface area (Å²) in [5, 5.41) is 20.8. The molecule has 30 heavy (non-hydrogen) atoms. The molecule has 160 valence electrons. The third-order valence-electron chi connectivity index (χ3n) is 5.27. The number of nitrogens with zero attached hydrogens (tertiary/aromatic N) is 4. The second-order valence-electron chi connectivity index (χ2n) is 7.34. The normalized spacial score (nSPS) is 18.1. The number of hydrogen-bond acceptors (Lipinski definition) is 5. The van der Waals surface area contributed by atoms with Crippen LogP contribution in [0.1, 0.15) is 18.4 Å². The maximum Gasteiger partial charge on any atom is 0.416 e. The Balaban J connectivity index is 1.63. The van der Waals surface area contributed by atoms with Crippen molar-refractivity contribution in [2.75, 3.05) is 31.6 Å². The van der Waals surface area contributed by atoms with Crippen LogP contribution in [0.25, 0.3) is 16.8 Å². The van der Waals surface area contributed by atoms with Crippen molar-refractivity contribution in [2.24, 2.45) is 0 Å². The predicted octanol–water partition coefficient (Wildman–Crippen LogP) is 3.42. The van der Waals surface area contributed by atoms with E-state index in [1.54, 1.807) is 22.7 Å². The van der Waals surface area contributed by atoms with Gasteiger partial charge in [-0.2, -0.15) is 13.2 Å². The number of piperidine rings is 1. The number of fused-ring (bicyclic) bond motifs is 1. The molecule has 0 saturated carbocycles. The van der Waals surface area contributed by atoms with Crippen LogP contribution in [0.15, 0.2) is 36.5 Å². The maximum atomic E-state index is 14.5. The lowest BCUT2D eigenvalue weighted by Gasteiger charge is -2.32. The van der Waals surface area contributed by atoms with E-state index < -0.39 is 17.6 Å². The van der Waals surface area contributed by atoms with Crippen molar-refractivity contribution in [3.05, 3.63) is 47.9 Å². The topological polar surface area (TPSA) is 65.7 Å². The molecule has 4 rings (SSSR count). The number of alkyl halides is 3. The smallest absolute Gasteiger partial charge is 0.395 e. The highest BCUT2D eigenvalue weighted by atomic mass is 19.4. The third kappa shape index (κ3) is 4.10. The molecule has 2 aromatic heterocycles. The fourth-order valence-corrected chi connectivity index (χ4v) is 3.83. The molecule has 1 atom stereocenters. The first-order chi connectivity index (χ1) is 14.4. The van der Waals surface area contributed by atoms with Crippen LogP contribution in [0.4, 0.5) is 23.5 Å². The molecule has 1 aliphatic rings. The van der Waals surface area contributed by atoms with Crippen LogP contribution in [0.2, 0.25) is 0 Å². The Morgan fingerprint density at radius 3 is 2.77 bits per heavy atom. The maximum absolute atomic E-state index is 14.5. The molecule has 0 bridgehead atoms. The molecule has 0 spiro atoms. The van der Waals surface area contributed by atoms with E-state index in [1.165, 1.54) is 0 Å². The molecule has 2 N–H and O–H groups in total. The van der Waals surface area contributed by atoms with Gasteiger partial charge in [0.2, 0.25) is 5.95 Å². The van der Waals surface area contributed by atoms with Crippen LogP contribution in [-0.4, -0.2) is 56.9 Å². The number of aliphatic hydroxyl groups is 1. The fraction of sp³-hybridized carbons (Fsp3) is 0.400. The number of aliphatic hydroxyl groups excluding tert-OH is 1. The van der Waals surface area contributed by atoms with Gasteiger partial charge in [-0.1, -0.05) is 0 Å². The van der Waals surface area contributed by atoms with Gasteiger partial charge < -0.3 is 10.4 Å². The molecule has 1 fully saturated rings. The first-order valence-electron chi connectivity index (χ1n) is 9.67. The lowest BCUT2D eigenvalue weighted by Crippen LogP contribution is -2.43. The summed E-state index contributed by atoms with van der Waals surface area (Å²) < 4.78 is 54.7. The number of likely N-dealkylation sites (tertiary alicyclic amines) is 1. The van der Waals surface area contributed by atoms with Gasteiger partial charge in [-0.3, -0.25) is 9.30 Å². The molecule has 0 amide bonds. The van der Waals surface area contributed by atoms with E-state index in [-0.39, 0.29) is 23.9 Å². The predicted molar refractivity (Wildman–Crippen MR) is 104 cm³/mol. The Morgan fingerprint density at radius 2 is 2.03 bits per heavy atom. The van der Waals surface area contributed by atoms with Crippen LogP contribution in [0.5, 0.6) is 0 Å². The molecule has 1 aromatic carbocycles. The van der Waals surface area contributed by atoms with Gasteiger partial charge in [0, 0.05) is 30.9 Å². The summed E-state index contributed by atoms with van der Waals surface area (Å²) in [5.74, 6) is -0.531. The van der Waals surface area contributed by atoms with Crippen LogP contribution < -0.4 is 5.32 Å². The second-order valence-corrected chi connectivity index (χ2v) is 7.34. The van der Waals surface area contributed by atoms with Crippen LogP contribution in [0.3, 0.4) is 0 Å². The van der Waals surface area contributed by atoms with Gasteiger partial charge in [-0.25, -0.2) is 4.39 Å². The zero-order chi connectivity index (χ0) is 21.3. The third-order valence-corrected chi connectivity index (χ3v) is 5.27. The Bertz CT molecular complexity index is 1030. The van der Waals surface area contributed by atoms with Crippen molar-refractivity contribution in [1.29, 1.82) is 0 Å². The summed E-state index contributed by atoms with van der Waals surface area (Å²) in [6.45, 7) is 2.38. The highest BCUT2D eigenvalue weighted by Gasteiger charge is 2.31. The summed E-state index contributed by atoms with van der Waals surface area (Å²) in [6, 6.07) is 5.96. The second kappa shape index (κ2) is 8.19. The first kappa shape index (κ1) is 20.5. The molecular weight excluding hydrogens is 402 g/mol. The average Bonchev–Trinajstić information content (AvgIpc) is 3.19. The SMILES string of the molecule is OCCN1CCC[C@@H](Nc2nnc(-c3ccc(C(F)(F)F)cc3F)c3cccn23)C1. The van der Waals surface area contributed by atoms with Crippen LogP contribution in [-0.2, 0) is 6.18 Å². The molecule has 1 aliphatic heterocycles. The van der Waals surface area contributed by atoms with Gasteiger partial charge in [-0.05, 0) is 49.7 Å². The van der Waals surface area contributed by atoms with Crippen molar-refractivity contribution >= 4 is 11.5 Å². The van der Waals surface area contributed by atoms with Crippen molar-refractivity contribution in [3.8, 4) is 11.3 Å². The molecule has 0 aliphatic carbocycles. The van der Waals surface area contributed by atoms with Gasteiger partial charge >= 0.3 is 6.18 Å². The summed E-state index contributed by atoms with van der Waals surface area (Å²) in [5.41, 5.74) is -0.389. The molecule has 10 heteroatoms. The number of benzene rings is 1. The number of aromatic nitrogens is 3. The minimum absolute atomic E-state index is 0.0439. The molecular formula is C20H21F4N5O. The van der Waals surface area contributed by atoms with Gasteiger partial charge in [0.05, 0.1) is 17.7 Å². The quantitative estimate of drug-likeness (QED) is 0.616. The first-order valence-corrected chi connectivity index (χ1v) is 9.67. The lowest BCUT2D eigenvalue weighted by molar-refractivity contribution is -0.137. The summed E-state index contributed by atoms with van der Waals surface area (Å²) in [4.78, 5) is 2.16. The zero-order valence-corrected chi connectivity index (χ0v) is 16.0. The number of hydrogen-bond donors (Lipinski definition) is 2.